The number of amides is 1. The molecule has 10 heteroatoms. The Balaban J connectivity index is 1.41. The van der Waals surface area contributed by atoms with E-state index in [0.29, 0.717) is 12.2 Å². The number of nitrogens with one attached hydrogen (secondary N) is 1. The van der Waals surface area contributed by atoms with Crippen molar-refractivity contribution in [1.82, 2.24) is 35.0 Å². The highest BCUT2D eigenvalue weighted by Gasteiger charge is 2.40. The molecule has 4 aromatic heterocycles. The van der Waals surface area contributed by atoms with Crippen molar-refractivity contribution in [3.63, 3.8) is 0 Å². The minimum absolute atomic E-state index is 0.0111. The number of hydrogen-bond donors (Lipinski definition) is 1. The number of aromatic nitrogens is 6. The number of hydrogen-bond acceptors (Lipinski definition) is 7. The number of benzene rings is 1. The molecule has 34 heavy (non-hydrogen) atoms. The molecule has 1 aromatic carbocycles. The maximum atomic E-state index is 13.6. The number of pyridine rings is 2. The molecule has 5 aromatic rings. The molecule has 6 rings (SSSR count). The molecule has 1 aliphatic rings. The molecular weight excluding hydrogens is 437 g/mol. The van der Waals surface area contributed by atoms with Gasteiger partial charge in [-0.25, -0.2) is 14.4 Å². The highest BCUT2D eigenvalue weighted by molar-refractivity contribution is 5.91. The third-order valence-corrected chi connectivity index (χ3v) is 5.97. The second-order valence-electron chi connectivity index (χ2n) is 8.19. The standard InChI is InChI=1S/C24H18FN7O2/c1-13-11-32(24(33)23-31-30-22(34-23)17-7-6-16(25)10-27-17)21(20-19(13)28-12-29-20)18-8-14-4-2-3-5-15(14)9-26-18/h2-10,12-13,21H,11H2,1H3,(H,28,29)/t13-,21+/m0/s1. The van der Waals surface area contributed by atoms with Crippen molar-refractivity contribution in [2.75, 3.05) is 6.54 Å². The Morgan fingerprint density at radius 1 is 1.09 bits per heavy atom. The van der Waals surface area contributed by atoms with Gasteiger partial charge in [-0.05, 0) is 23.6 Å². The van der Waals surface area contributed by atoms with Crippen LogP contribution in [0.25, 0.3) is 22.4 Å². The summed E-state index contributed by atoms with van der Waals surface area (Å²) in [4.78, 5) is 31.6. The van der Waals surface area contributed by atoms with Crippen LogP contribution in [0.2, 0.25) is 0 Å². The number of imidazole rings is 1. The molecule has 1 N–H and O–H groups in total. The Morgan fingerprint density at radius 2 is 1.94 bits per heavy atom. The first-order chi connectivity index (χ1) is 16.6. The van der Waals surface area contributed by atoms with Gasteiger partial charge in [-0.15, -0.1) is 10.2 Å². The van der Waals surface area contributed by atoms with E-state index in [-0.39, 0.29) is 23.4 Å². The largest absolute Gasteiger partial charge is 0.411 e. The first-order valence-electron chi connectivity index (χ1n) is 10.7. The summed E-state index contributed by atoms with van der Waals surface area (Å²) in [6.07, 6.45) is 4.48. The normalized spacial score (nSPS) is 17.6. The molecular formula is C24H18FN7O2. The molecule has 0 spiro atoms. The zero-order valence-corrected chi connectivity index (χ0v) is 18.0. The lowest BCUT2D eigenvalue weighted by Gasteiger charge is -2.36. The summed E-state index contributed by atoms with van der Waals surface area (Å²) in [5.41, 5.74) is 2.67. The van der Waals surface area contributed by atoms with E-state index in [2.05, 4.69) is 30.1 Å². The van der Waals surface area contributed by atoms with Crippen LogP contribution in [0.15, 0.2) is 65.6 Å². The molecule has 1 aliphatic heterocycles. The number of H-pyrrole nitrogens is 1. The van der Waals surface area contributed by atoms with Gasteiger partial charge in [-0.1, -0.05) is 31.2 Å². The average Bonchev–Trinajstić information content (AvgIpc) is 3.54. The molecule has 0 bridgehead atoms. The van der Waals surface area contributed by atoms with E-state index >= 15 is 0 Å². The van der Waals surface area contributed by atoms with Gasteiger partial charge in [-0.2, -0.15) is 0 Å². The fraction of sp³-hybridized carbons (Fsp3) is 0.167. The van der Waals surface area contributed by atoms with Crippen LogP contribution < -0.4 is 0 Å². The van der Waals surface area contributed by atoms with Crippen molar-refractivity contribution in [3.05, 3.63) is 90.0 Å². The van der Waals surface area contributed by atoms with Gasteiger partial charge in [0.1, 0.15) is 17.6 Å². The van der Waals surface area contributed by atoms with Crippen molar-refractivity contribution in [3.8, 4) is 11.6 Å². The zero-order chi connectivity index (χ0) is 23.2. The van der Waals surface area contributed by atoms with Gasteiger partial charge < -0.3 is 14.3 Å². The second-order valence-corrected chi connectivity index (χ2v) is 8.19. The lowest BCUT2D eigenvalue weighted by atomic mass is 9.92. The van der Waals surface area contributed by atoms with Gasteiger partial charge >= 0.3 is 11.8 Å². The van der Waals surface area contributed by atoms with Crippen LogP contribution in [0, 0.1) is 5.82 Å². The van der Waals surface area contributed by atoms with Gasteiger partial charge in [0.05, 0.1) is 29.6 Å². The maximum Gasteiger partial charge on any atom is 0.312 e. The van der Waals surface area contributed by atoms with Gasteiger partial charge in [0.2, 0.25) is 0 Å². The Morgan fingerprint density at radius 3 is 2.76 bits per heavy atom. The minimum Gasteiger partial charge on any atom is -0.411 e. The van der Waals surface area contributed by atoms with Crippen molar-refractivity contribution in [2.24, 2.45) is 0 Å². The van der Waals surface area contributed by atoms with E-state index in [0.717, 1.165) is 28.4 Å². The number of carbonyl (C=O) groups is 1. The van der Waals surface area contributed by atoms with Crippen LogP contribution in [-0.4, -0.2) is 47.5 Å². The molecule has 1 amide bonds. The summed E-state index contributed by atoms with van der Waals surface area (Å²) >= 11 is 0. The monoisotopic (exact) mass is 455 g/mol. The van der Waals surface area contributed by atoms with Gasteiger partial charge in [0.15, 0.2) is 0 Å². The smallest absolute Gasteiger partial charge is 0.312 e. The van der Waals surface area contributed by atoms with E-state index in [4.69, 9.17) is 4.42 Å². The Labute approximate surface area is 192 Å². The van der Waals surface area contributed by atoms with Crippen molar-refractivity contribution < 1.29 is 13.6 Å². The predicted molar refractivity (Wildman–Crippen MR) is 119 cm³/mol. The lowest BCUT2D eigenvalue weighted by Crippen LogP contribution is -2.42. The molecule has 0 saturated carbocycles. The molecule has 168 valence electrons. The lowest BCUT2D eigenvalue weighted by molar-refractivity contribution is 0.0629. The van der Waals surface area contributed by atoms with E-state index < -0.39 is 17.8 Å². The number of nitrogens with zero attached hydrogens (tertiary/aromatic N) is 6. The molecule has 2 atom stereocenters. The SMILES string of the molecule is C[C@H]1CN(C(=O)c2nnc(-c3ccc(F)cn3)o2)[C@H](c2cc3ccccc3cn2)c2[nH]cnc21. The van der Waals surface area contributed by atoms with Crippen LogP contribution >= 0.6 is 0 Å². The molecule has 0 saturated heterocycles. The fourth-order valence-electron chi connectivity index (χ4n) is 4.37. The number of carbonyl (C=O) groups excluding carboxylic acids is 1. The second kappa shape index (κ2) is 7.84. The summed E-state index contributed by atoms with van der Waals surface area (Å²) < 4.78 is 18.8. The minimum atomic E-state index is -0.509. The first kappa shape index (κ1) is 20.2. The first-order valence-corrected chi connectivity index (χ1v) is 10.7. The summed E-state index contributed by atoms with van der Waals surface area (Å²) in [6, 6.07) is 12.0. The van der Waals surface area contributed by atoms with Crippen LogP contribution in [0.5, 0.6) is 0 Å². The van der Waals surface area contributed by atoms with Crippen LogP contribution in [0.1, 0.15) is 46.7 Å². The van der Waals surface area contributed by atoms with Gasteiger partial charge in [0.25, 0.3) is 5.89 Å². The number of aromatic amines is 1. The molecule has 0 radical (unpaired) electrons. The summed E-state index contributed by atoms with van der Waals surface area (Å²) in [6.45, 7) is 2.40. The van der Waals surface area contributed by atoms with Crippen molar-refractivity contribution >= 4 is 16.7 Å². The Kier molecular flexibility index (Phi) is 4.65. The molecule has 0 aliphatic carbocycles. The summed E-state index contributed by atoms with van der Waals surface area (Å²) in [5, 5.41) is 9.91. The van der Waals surface area contributed by atoms with E-state index in [1.807, 2.05) is 37.3 Å². The number of rotatable bonds is 3. The molecule has 9 nitrogen and oxygen atoms in total. The summed E-state index contributed by atoms with van der Waals surface area (Å²) in [7, 11) is 0. The number of fused-ring (bicyclic) bond motifs is 2. The Bertz CT molecular complexity index is 1510. The van der Waals surface area contributed by atoms with E-state index in [1.165, 1.54) is 12.1 Å². The van der Waals surface area contributed by atoms with Crippen molar-refractivity contribution in [2.45, 2.75) is 18.9 Å². The van der Waals surface area contributed by atoms with Crippen LogP contribution in [0.3, 0.4) is 0 Å². The molecule has 0 fully saturated rings. The van der Waals surface area contributed by atoms with E-state index in [1.54, 1.807) is 17.4 Å². The quantitative estimate of drug-likeness (QED) is 0.439. The van der Waals surface area contributed by atoms with Crippen LogP contribution in [0.4, 0.5) is 4.39 Å². The molecule has 0 unspecified atom stereocenters. The fourth-order valence-corrected chi connectivity index (χ4v) is 4.37. The summed E-state index contributed by atoms with van der Waals surface area (Å²) in [5.74, 6) is -1.07. The highest BCUT2D eigenvalue weighted by atomic mass is 19.1. The maximum absolute atomic E-state index is 13.6. The van der Waals surface area contributed by atoms with Gasteiger partial charge in [-0.3, -0.25) is 9.78 Å². The predicted octanol–water partition coefficient (Wildman–Crippen LogP) is 3.89. The topological polar surface area (TPSA) is 114 Å². The molecule has 5 heterocycles. The highest BCUT2D eigenvalue weighted by Crippen LogP contribution is 2.38. The Hall–Kier alpha value is -4.47. The van der Waals surface area contributed by atoms with Gasteiger partial charge in [0, 0.05) is 24.0 Å². The van der Waals surface area contributed by atoms with E-state index in [9.17, 15) is 9.18 Å². The zero-order valence-electron chi connectivity index (χ0n) is 18.0. The third kappa shape index (κ3) is 3.31. The van der Waals surface area contributed by atoms with Crippen molar-refractivity contribution in [1.29, 1.82) is 0 Å². The van der Waals surface area contributed by atoms with Crippen LogP contribution in [-0.2, 0) is 0 Å². The average molecular weight is 455 g/mol. The third-order valence-electron chi connectivity index (χ3n) is 5.97. The number of halogens is 1.